The molecule has 0 bridgehead atoms. The van der Waals surface area contributed by atoms with Gasteiger partial charge in [0.25, 0.3) is 0 Å². The summed E-state index contributed by atoms with van der Waals surface area (Å²) in [5.74, 6) is 2.81. The smallest absolute Gasteiger partial charge is 0.230 e. The third-order valence-electron chi connectivity index (χ3n) is 6.89. The van der Waals surface area contributed by atoms with Crippen LogP contribution in [0.3, 0.4) is 0 Å². The van der Waals surface area contributed by atoms with Gasteiger partial charge in [0.2, 0.25) is 11.9 Å². The number of carbonyl (C=O) groups excluding carboxylic acids is 1. The first-order chi connectivity index (χ1) is 16.5. The van der Waals surface area contributed by atoms with E-state index >= 15 is 0 Å². The molecule has 2 aromatic carbocycles. The third-order valence-corrected chi connectivity index (χ3v) is 6.89. The quantitative estimate of drug-likeness (QED) is 0.601. The molecule has 2 aliphatic rings. The van der Waals surface area contributed by atoms with Gasteiger partial charge in [-0.25, -0.2) is 4.98 Å². The Balaban J connectivity index is 1.32. The molecule has 3 aromatic rings. The van der Waals surface area contributed by atoms with Crippen LogP contribution in [0.15, 0.2) is 36.4 Å². The fraction of sp³-hybridized carbons (Fsp3) is 0.423. The SMILES string of the molecule is COc1cc2nc(N3CCN(C(=O)C(c4ccc(C)cc4)C4CC4)CC3)nc(N)c2cc1OC. The lowest BCUT2D eigenvalue weighted by molar-refractivity contribution is -0.133. The van der Waals surface area contributed by atoms with Crippen molar-refractivity contribution in [2.45, 2.75) is 25.7 Å². The first-order valence-electron chi connectivity index (χ1n) is 11.8. The van der Waals surface area contributed by atoms with Gasteiger partial charge >= 0.3 is 0 Å². The molecule has 1 aliphatic heterocycles. The van der Waals surface area contributed by atoms with E-state index in [9.17, 15) is 4.79 Å². The predicted molar refractivity (Wildman–Crippen MR) is 132 cm³/mol. The molecule has 0 spiro atoms. The maximum absolute atomic E-state index is 13.5. The normalized spacial score (nSPS) is 17.0. The maximum atomic E-state index is 13.5. The number of nitrogen functional groups attached to an aromatic ring is 1. The fourth-order valence-electron chi connectivity index (χ4n) is 4.75. The number of hydrogen-bond acceptors (Lipinski definition) is 7. The van der Waals surface area contributed by atoms with E-state index in [1.54, 1.807) is 20.3 Å². The number of fused-ring (bicyclic) bond motifs is 1. The standard InChI is InChI=1S/C26H31N5O3/c1-16-4-6-17(7-5-16)23(18-8-9-18)25(32)30-10-12-31(13-11-30)26-28-20-15-22(34-3)21(33-2)14-19(20)24(27)29-26/h4-7,14-15,18,23H,8-13H2,1-3H3,(H2,27,28,29). The second-order valence-electron chi connectivity index (χ2n) is 9.17. The molecule has 1 atom stereocenters. The van der Waals surface area contributed by atoms with Gasteiger partial charge in [-0.05, 0) is 37.3 Å². The van der Waals surface area contributed by atoms with Gasteiger partial charge in [-0.15, -0.1) is 0 Å². The van der Waals surface area contributed by atoms with Crippen molar-refractivity contribution in [3.05, 3.63) is 47.5 Å². The highest BCUT2D eigenvalue weighted by Crippen LogP contribution is 2.44. The van der Waals surface area contributed by atoms with Crippen LogP contribution < -0.4 is 20.1 Å². The fourth-order valence-corrected chi connectivity index (χ4v) is 4.75. The van der Waals surface area contributed by atoms with Crippen molar-refractivity contribution in [3.63, 3.8) is 0 Å². The van der Waals surface area contributed by atoms with Crippen LogP contribution >= 0.6 is 0 Å². The van der Waals surface area contributed by atoms with Gasteiger partial charge in [0.05, 0.1) is 25.7 Å². The highest BCUT2D eigenvalue weighted by molar-refractivity contribution is 5.92. The minimum atomic E-state index is -0.0397. The number of methoxy groups -OCH3 is 2. The number of ether oxygens (including phenoxy) is 2. The number of aryl methyl sites for hydroxylation is 1. The van der Waals surface area contributed by atoms with E-state index in [1.165, 1.54) is 5.56 Å². The molecule has 8 nitrogen and oxygen atoms in total. The van der Waals surface area contributed by atoms with Gasteiger partial charge in [-0.3, -0.25) is 4.79 Å². The molecule has 2 heterocycles. The number of nitrogens with zero attached hydrogens (tertiary/aromatic N) is 4. The van der Waals surface area contributed by atoms with Gasteiger partial charge in [0.15, 0.2) is 11.5 Å². The first kappa shape index (κ1) is 22.3. The molecule has 1 aromatic heterocycles. The number of rotatable bonds is 6. The first-order valence-corrected chi connectivity index (χ1v) is 11.8. The molecule has 1 aliphatic carbocycles. The molecule has 5 rings (SSSR count). The Hall–Kier alpha value is -3.55. The number of hydrogen-bond donors (Lipinski definition) is 1. The number of benzene rings is 2. The van der Waals surface area contributed by atoms with Crippen molar-refractivity contribution in [3.8, 4) is 11.5 Å². The van der Waals surface area contributed by atoms with Crippen molar-refractivity contribution in [1.29, 1.82) is 0 Å². The van der Waals surface area contributed by atoms with Gasteiger partial charge in [0, 0.05) is 37.6 Å². The molecule has 178 valence electrons. The number of piperazine rings is 1. The molecule has 8 heteroatoms. The van der Waals surface area contributed by atoms with Crippen molar-refractivity contribution in [2.75, 3.05) is 51.0 Å². The topological polar surface area (TPSA) is 93.8 Å². The summed E-state index contributed by atoms with van der Waals surface area (Å²) in [7, 11) is 3.18. The van der Waals surface area contributed by atoms with Crippen LogP contribution in [0.4, 0.5) is 11.8 Å². The van der Waals surface area contributed by atoms with Gasteiger partial charge in [-0.1, -0.05) is 29.8 Å². The third kappa shape index (κ3) is 4.20. The van der Waals surface area contributed by atoms with Crippen LogP contribution in [0.1, 0.15) is 29.9 Å². The highest BCUT2D eigenvalue weighted by atomic mass is 16.5. The summed E-state index contributed by atoms with van der Waals surface area (Å²) in [6.07, 6.45) is 2.26. The summed E-state index contributed by atoms with van der Waals surface area (Å²) in [6.45, 7) is 4.68. The molecular weight excluding hydrogens is 430 g/mol. The number of anilines is 2. The zero-order valence-corrected chi connectivity index (χ0v) is 20.0. The summed E-state index contributed by atoms with van der Waals surface area (Å²) in [6, 6.07) is 12.0. The van der Waals surface area contributed by atoms with E-state index in [0.29, 0.717) is 60.9 Å². The Morgan fingerprint density at radius 1 is 1.00 bits per heavy atom. The van der Waals surface area contributed by atoms with Gasteiger partial charge < -0.3 is 25.0 Å². The lowest BCUT2D eigenvalue weighted by atomic mass is 9.92. The van der Waals surface area contributed by atoms with Crippen LogP contribution in [0, 0.1) is 12.8 Å². The van der Waals surface area contributed by atoms with Gasteiger partial charge in [-0.2, -0.15) is 4.98 Å². The van der Waals surface area contributed by atoms with E-state index in [0.717, 1.165) is 23.8 Å². The summed E-state index contributed by atoms with van der Waals surface area (Å²) >= 11 is 0. The summed E-state index contributed by atoms with van der Waals surface area (Å²) < 4.78 is 10.8. The average Bonchev–Trinajstić information content (AvgIpc) is 3.69. The Morgan fingerprint density at radius 3 is 2.26 bits per heavy atom. The van der Waals surface area contributed by atoms with Crippen molar-refractivity contribution in [1.82, 2.24) is 14.9 Å². The molecule has 0 radical (unpaired) electrons. The van der Waals surface area contributed by atoms with E-state index in [1.807, 2.05) is 11.0 Å². The minimum Gasteiger partial charge on any atom is -0.493 e. The van der Waals surface area contributed by atoms with E-state index in [4.69, 9.17) is 20.2 Å². The molecule has 2 fully saturated rings. The van der Waals surface area contributed by atoms with Crippen LogP contribution in [0.5, 0.6) is 11.5 Å². The monoisotopic (exact) mass is 461 g/mol. The molecule has 2 N–H and O–H groups in total. The van der Waals surface area contributed by atoms with Crippen LogP contribution in [0.2, 0.25) is 0 Å². The second kappa shape index (κ2) is 9.00. The van der Waals surface area contributed by atoms with Crippen molar-refractivity contribution in [2.24, 2.45) is 5.92 Å². The van der Waals surface area contributed by atoms with Crippen LogP contribution in [0.25, 0.3) is 10.9 Å². The number of amides is 1. The van der Waals surface area contributed by atoms with Crippen LogP contribution in [-0.2, 0) is 4.79 Å². The number of nitrogens with two attached hydrogens (primary N) is 1. The molecule has 1 amide bonds. The second-order valence-corrected chi connectivity index (χ2v) is 9.17. The highest BCUT2D eigenvalue weighted by Gasteiger charge is 2.40. The molecular formula is C26H31N5O3. The molecule has 34 heavy (non-hydrogen) atoms. The Morgan fingerprint density at radius 2 is 1.65 bits per heavy atom. The predicted octanol–water partition coefficient (Wildman–Crippen LogP) is 3.38. The lowest BCUT2D eigenvalue weighted by Gasteiger charge is -2.36. The van der Waals surface area contributed by atoms with Gasteiger partial charge in [0.1, 0.15) is 5.82 Å². The maximum Gasteiger partial charge on any atom is 0.230 e. The largest absolute Gasteiger partial charge is 0.493 e. The van der Waals surface area contributed by atoms with Crippen molar-refractivity contribution < 1.29 is 14.3 Å². The Bertz CT molecular complexity index is 1200. The van der Waals surface area contributed by atoms with E-state index in [-0.39, 0.29) is 11.8 Å². The summed E-state index contributed by atoms with van der Waals surface area (Å²) in [4.78, 5) is 26.9. The molecule has 1 saturated heterocycles. The molecule has 1 saturated carbocycles. The lowest BCUT2D eigenvalue weighted by Crippen LogP contribution is -2.50. The zero-order valence-electron chi connectivity index (χ0n) is 20.0. The number of aromatic nitrogens is 2. The molecule has 1 unspecified atom stereocenters. The average molecular weight is 462 g/mol. The van der Waals surface area contributed by atoms with Crippen LogP contribution in [-0.4, -0.2) is 61.2 Å². The minimum absolute atomic E-state index is 0.0397. The summed E-state index contributed by atoms with van der Waals surface area (Å²) in [5.41, 5.74) is 9.32. The van der Waals surface area contributed by atoms with Crippen molar-refractivity contribution >= 4 is 28.6 Å². The Labute approximate surface area is 199 Å². The summed E-state index contributed by atoms with van der Waals surface area (Å²) in [5, 5.41) is 0.723. The number of carbonyl (C=O) groups is 1. The zero-order chi connectivity index (χ0) is 23.8. The van der Waals surface area contributed by atoms with E-state index in [2.05, 4.69) is 41.1 Å². The van der Waals surface area contributed by atoms with E-state index < -0.39 is 0 Å². The Kier molecular flexibility index (Phi) is 5.89.